The van der Waals surface area contributed by atoms with Crippen LogP contribution < -0.4 is 0 Å². The summed E-state index contributed by atoms with van der Waals surface area (Å²) >= 11 is 0. The van der Waals surface area contributed by atoms with Crippen LogP contribution in [0.15, 0.2) is 0 Å². The summed E-state index contributed by atoms with van der Waals surface area (Å²) in [5, 5.41) is 8.85. The molecule has 2 unspecified atom stereocenters. The minimum Gasteiger partial charge on any atom is -0.368 e. The first kappa shape index (κ1) is 10.9. The maximum Gasteiger partial charge on any atom is 0.160 e. The van der Waals surface area contributed by atoms with Crippen LogP contribution in [0.25, 0.3) is 0 Å². The van der Waals surface area contributed by atoms with Gasteiger partial charge in [0.2, 0.25) is 0 Å². The van der Waals surface area contributed by atoms with Crippen molar-refractivity contribution in [1.29, 1.82) is 0 Å². The van der Waals surface area contributed by atoms with Gasteiger partial charge in [-0.2, -0.15) is 0 Å². The van der Waals surface area contributed by atoms with Crippen LogP contribution in [-0.2, 0) is 9.47 Å². The van der Waals surface area contributed by atoms with Crippen molar-refractivity contribution in [3.63, 3.8) is 0 Å². The molecular weight excluding hydrogens is 144 g/mol. The van der Waals surface area contributed by atoms with Gasteiger partial charge in [0, 0.05) is 6.61 Å². The number of aliphatic hydroxyl groups is 1. The lowest BCUT2D eigenvalue weighted by atomic mass is 10.4. The molecule has 0 fully saturated rings. The van der Waals surface area contributed by atoms with Crippen molar-refractivity contribution in [2.24, 2.45) is 0 Å². The second-order valence-electron chi connectivity index (χ2n) is 2.44. The molecule has 0 heterocycles. The topological polar surface area (TPSA) is 38.7 Å². The molecule has 1 N–H and O–H groups in total. The second-order valence-corrected chi connectivity index (χ2v) is 2.44. The Morgan fingerprint density at radius 2 is 2.00 bits per heavy atom. The number of hydrogen-bond donors (Lipinski definition) is 1. The molecule has 0 aliphatic heterocycles. The van der Waals surface area contributed by atoms with Crippen molar-refractivity contribution < 1.29 is 14.6 Å². The van der Waals surface area contributed by atoms with Gasteiger partial charge in [0.05, 0.1) is 0 Å². The van der Waals surface area contributed by atoms with Crippen LogP contribution in [0.2, 0.25) is 0 Å². The monoisotopic (exact) mass is 162 g/mol. The van der Waals surface area contributed by atoms with E-state index in [0.717, 1.165) is 12.8 Å². The third-order valence-electron chi connectivity index (χ3n) is 1.19. The molecule has 0 aromatic carbocycles. The van der Waals surface area contributed by atoms with E-state index < -0.39 is 6.29 Å². The zero-order valence-electron chi connectivity index (χ0n) is 7.54. The molecule has 0 saturated heterocycles. The maximum atomic E-state index is 8.85. The maximum absolute atomic E-state index is 8.85. The highest BCUT2D eigenvalue weighted by atomic mass is 16.7. The zero-order chi connectivity index (χ0) is 8.69. The van der Waals surface area contributed by atoms with Crippen LogP contribution in [0.5, 0.6) is 0 Å². The van der Waals surface area contributed by atoms with Gasteiger partial charge in [0.25, 0.3) is 0 Å². The van der Waals surface area contributed by atoms with E-state index >= 15 is 0 Å². The number of hydrogen-bond acceptors (Lipinski definition) is 3. The van der Waals surface area contributed by atoms with Gasteiger partial charge >= 0.3 is 0 Å². The van der Waals surface area contributed by atoms with Gasteiger partial charge in [0.15, 0.2) is 12.6 Å². The Bertz CT molecular complexity index is 83.4. The van der Waals surface area contributed by atoms with E-state index in [2.05, 4.69) is 0 Å². The molecule has 0 spiro atoms. The average molecular weight is 162 g/mol. The summed E-state index contributed by atoms with van der Waals surface area (Å²) in [5.74, 6) is 0. The number of rotatable bonds is 6. The summed E-state index contributed by atoms with van der Waals surface area (Å²) < 4.78 is 10.3. The summed E-state index contributed by atoms with van der Waals surface area (Å²) in [4.78, 5) is 0. The van der Waals surface area contributed by atoms with Crippen LogP contribution in [0.3, 0.4) is 0 Å². The van der Waals surface area contributed by atoms with Gasteiger partial charge in [0.1, 0.15) is 0 Å². The fraction of sp³-hybridized carbons (Fsp3) is 1.00. The number of aliphatic hydroxyl groups excluding tert-OH is 1. The van der Waals surface area contributed by atoms with Crippen molar-refractivity contribution in [1.82, 2.24) is 0 Å². The molecule has 0 bridgehead atoms. The lowest BCUT2D eigenvalue weighted by molar-refractivity contribution is -0.222. The Hall–Kier alpha value is -0.120. The van der Waals surface area contributed by atoms with Crippen molar-refractivity contribution >= 4 is 0 Å². The van der Waals surface area contributed by atoms with Crippen LogP contribution in [0.4, 0.5) is 0 Å². The lowest BCUT2D eigenvalue weighted by Crippen LogP contribution is -2.22. The summed E-state index contributed by atoms with van der Waals surface area (Å²) in [6.45, 7) is 6.26. The van der Waals surface area contributed by atoms with Gasteiger partial charge in [-0.05, 0) is 19.8 Å². The largest absolute Gasteiger partial charge is 0.368 e. The molecule has 0 aliphatic carbocycles. The average Bonchev–Trinajstić information content (AvgIpc) is 1.97. The van der Waals surface area contributed by atoms with Crippen molar-refractivity contribution in [3.05, 3.63) is 0 Å². The van der Waals surface area contributed by atoms with E-state index in [1.165, 1.54) is 0 Å². The molecule has 0 aliphatic rings. The molecule has 0 amide bonds. The molecule has 2 atom stereocenters. The smallest absolute Gasteiger partial charge is 0.160 e. The van der Waals surface area contributed by atoms with Gasteiger partial charge in [-0.1, -0.05) is 13.8 Å². The Kier molecular flexibility index (Phi) is 6.51. The second kappa shape index (κ2) is 6.58. The fourth-order valence-corrected chi connectivity index (χ4v) is 0.722. The Labute approximate surface area is 68.3 Å². The Balaban J connectivity index is 3.41. The third kappa shape index (κ3) is 6.28. The van der Waals surface area contributed by atoms with Crippen molar-refractivity contribution in [3.8, 4) is 0 Å². The first-order valence-electron chi connectivity index (χ1n) is 4.15. The molecule has 0 rings (SSSR count). The van der Waals surface area contributed by atoms with Crippen LogP contribution in [-0.4, -0.2) is 24.3 Å². The minimum absolute atomic E-state index is 0.255. The first-order valence-corrected chi connectivity index (χ1v) is 4.15. The summed E-state index contributed by atoms with van der Waals surface area (Å²) in [7, 11) is 0. The number of ether oxygens (including phenoxy) is 2. The van der Waals surface area contributed by atoms with Crippen LogP contribution >= 0.6 is 0 Å². The predicted octanol–water partition coefficient (Wildman–Crippen LogP) is 1.50. The fourth-order valence-electron chi connectivity index (χ4n) is 0.722. The summed E-state index contributed by atoms with van der Waals surface area (Å²) in [6.07, 6.45) is 0.747. The van der Waals surface area contributed by atoms with E-state index in [0.29, 0.717) is 6.61 Å². The van der Waals surface area contributed by atoms with E-state index in [9.17, 15) is 0 Å². The van der Waals surface area contributed by atoms with Crippen LogP contribution in [0.1, 0.15) is 33.6 Å². The molecule has 3 nitrogen and oxygen atoms in total. The summed E-state index contributed by atoms with van der Waals surface area (Å²) in [6, 6.07) is 0. The molecule has 0 aromatic heterocycles. The predicted molar refractivity (Wildman–Crippen MR) is 43.1 cm³/mol. The van der Waals surface area contributed by atoms with Gasteiger partial charge in [-0.3, -0.25) is 0 Å². The molecule has 0 radical (unpaired) electrons. The highest BCUT2D eigenvalue weighted by Crippen LogP contribution is 2.03. The molecule has 11 heavy (non-hydrogen) atoms. The van der Waals surface area contributed by atoms with E-state index in [1.54, 1.807) is 6.92 Å². The Morgan fingerprint density at radius 1 is 1.36 bits per heavy atom. The lowest BCUT2D eigenvalue weighted by Gasteiger charge is -2.17. The SMILES string of the molecule is CCCOC(CC)OC(C)O. The van der Waals surface area contributed by atoms with E-state index in [1.807, 2.05) is 13.8 Å². The van der Waals surface area contributed by atoms with Crippen LogP contribution in [0, 0.1) is 0 Å². The minimum atomic E-state index is -0.739. The van der Waals surface area contributed by atoms with E-state index in [4.69, 9.17) is 14.6 Å². The van der Waals surface area contributed by atoms with Gasteiger partial charge in [-0.25, -0.2) is 0 Å². The highest BCUT2D eigenvalue weighted by molar-refractivity contribution is 4.40. The normalized spacial score (nSPS) is 16.4. The first-order chi connectivity index (χ1) is 5.20. The summed E-state index contributed by atoms with van der Waals surface area (Å²) in [5.41, 5.74) is 0. The highest BCUT2D eigenvalue weighted by Gasteiger charge is 2.08. The quantitative estimate of drug-likeness (QED) is 0.601. The van der Waals surface area contributed by atoms with Crippen molar-refractivity contribution in [2.75, 3.05) is 6.61 Å². The Morgan fingerprint density at radius 3 is 2.36 bits per heavy atom. The van der Waals surface area contributed by atoms with Gasteiger partial charge in [-0.15, -0.1) is 0 Å². The van der Waals surface area contributed by atoms with E-state index in [-0.39, 0.29) is 6.29 Å². The molecule has 68 valence electrons. The molecule has 0 aromatic rings. The molecule has 3 heteroatoms. The third-order valence-corrected chi connectivity index (χ3v) is 1.19. The zero-order valence-corrected chi connectivity index (χ0v) is 7.54. The standard InChI is InChI=1S/C8H18O3/c1-4-6-10-8(5-2)11-7(3)9/h7-9H,4-6H2,1-3H3. The molecule has 0 saturated carbocycles. The molecular formula is C8H18O3. The van der Waals surface area contributed by atoms with Gasteiger partial charge < -0.3 is 14.6 Å². The van der Waals surface area contributed by atoms with Crippen molar-refractivity contribution in [2.45, 2.75) is 46.2 Å².